The summed E-state index contributed by atoms with van der Waals surface area (Å²) in [6.45, 7) is 1.83. The third-order valence-electron chi connectivity index (χ3n) is 3.53. The molecule has 0 unspecified atom stereocenters. The van der Waals surface area contributed by atoms with Gasteiger partial charge < -0.3 is 20.2 Å². The Morgan fingerprint density at radius 3 is 2.83 bits per heavy atom. The van der Waals surface area contributed by atoms with E-state index in [4.69, 9.17) is 14.9 Å². The second-order valence-electron chi connectivity index (χ2n) is 5.00. The van der Waals surface area contributed by atoms with Gasteiger partial charge >= 0.3 is 11.9 Å². The van der Waals surface area contributed by atoms with E-state index in [1.54, 1.807) is 6.92 Å². The maximum absolute atomic E-state index is 13.2. The third-order valence-corrected chi connectivity index (χ3v) is 3.53. The third kappa shape index (κ3) is 2.56. The number of oxazole rings is 1. The van der Waals surface area contributed by atoms with Gasteiger partial charge in [0.25, 0.3) is 0 Å². The van der Waals surface area contributed by atoms with E-state index in [1.165, 1.54) is 24.3 Å². The van der Waals surface area contributed by atoms with Crippen LogP contribution in [-0.4, -0.2) is 17.6 Å². The second-order valence-corrected chi connectivity index (χ2v) is 5.00. The number of carbonyl (C=O) groups is 1. The van der Waals surface area contributed by atoms with Gasteiger partial charge in [0.2, 0.25) is 5.88 Å². The Labute approximate surface area is 136 Å². The van der Waals surface area contributed by atoms with Crippen molar-refractivity contribution in [2.24, 2.45) is 5.73 Å². The summed E-state index contributed by atoms with van der Waals surface area (Å²) < 4.78 is 23.4. The molecular formula is C16H13FN4O3. The molecule has 3 N–H and O–H groups in total. The number of nitrogens with one attached hydrogen (secondary N) is 1. The first kappa shape index (κ1) is 15.6. The average Bonchev–Trinajstić information content (AvgIpc) is 2.98. The molecular weight excluding hydrogens is 315 g/mol. The van der Waals surface area contributed by atoms with Crippen LogP contribution in [0, 0.1) is 17.1 Å². The van der Waals surface area contributed by atoms with Gasteiger partial charge in [-0.05, 0) is 24.6 Å². The van der Waals surface area contributed by atoms with Crippen molar-refractivity contribution in [1.29, 1.82) is 5.26 Å². The van der Waals surface area contributed by atoms with Crippen molar-refractivity contribution >= 4 is 11.9 Å². The number of benzene rings is 1. The first-order valence-corrected chi connectivity index (χ1v) is 7.15. The van der Waals surface area contributed by atoms with Crippen molar-refractivity contribution < 1.29 is 18.3 Å². The number of esters is 1. The van der Waals surface area contributed by atoms with Crippen LogP contribution in [0.1, 0.15) is 34.8 Å². The topological polar surface area (TPSA) is 114 Å². The molecule has 1 atom stereocenters. The minimum atomic E-state index is -0.719. The molecule has 0 aliphatic carbocycles. The summed E-state index contributed by atoms with van der Waals surface area (Å²) in [6, 6.07) is 7.62. The molecule has 2 heterocycles. The van der Waals surface area contributed by atoms with Gasteiger partial charge in [0, 0.05) is 0 Å². The van der Waals surface area contributed by atoms with Gasteiger partial charge in [0.1, 0.15) is 17.3 Å². The number of carbonyl (C=O) groups excluding carboxylic acids is 1. The van der Waals surface area contributed by atoms with Crippen molar-refractivity contribution in [2.45, 2.75) is 12.8 Å². The minimum Gasteiger partial charge on any atom is -0.459 e. The fourth-order valence-electron chi connectivity index (χ4n) is 2.48. The SMILES string of the molecule is CCOC(=O)c1nc2c(o1)NC(N)=C(C#N)[C@H]2c1ccc(F)cc1. The molecule has 0 radical (unpaired) electrons. The molecule has 0 fully saturated rings. The number of halogens is 1. The highest BCUT2D eigenvalue weighted by Gasteiger charge is 2.35. The first-order chi connectivity index (χ1) is 11.5. The van der Waals surface area contributed by atoms with Gasteiger partial charge in [-0.2, -0.15) is 5.26 Å². The molecule has 2 aromatic rings. The van der Waals surface area contributed by atoms with E-state index < -0.39 is 17.7 Å². The maximum atomic E-state index is 13.2. The number of allylic oxidation sites excluding steroid dienone is 1. The Bertz CT molecular complexity index is 864. The Hall–Kier alpha value is -3.34. The van der Waals surface area contributed by atoms with E-state index in [1.807, 2.05) is 6.07 Å². The summed E-state index contributed by atoms with van der Waals surface area (Å²) in [6.07, 6.45) is 0. The number of nitriles is 1. The molecule has 1 aliphatic heterocycles. The van der Waals surface area contributed by atoms with Crippen molar-refractivity contribution in [3.8, 4) is 6.07 Å². The summed E-state index contributed by atoms with van der Waals surface area (Å²) in [5.41, 5.74) is 6.99. The summed E-state index contributed by atoms with van der Waals surface area (Å²) in [5, 5.41) is 12.1. The highest BCUT2D eigenvalue weighted by Crippen LogP contribution is 2.40. The molecule has 0 spiro atoms. The van der Waals surface area contributed by atoms with Crippen LogP contribution >= 0.6 is 0 Å². The summed E-state index contributed by atoms with van der Waals surface area (Å²) in [7, 11) is 0. The number of rotatable bonds is 3. The zero-order valence-electron chi connectivity index (χ0n) is 12.7. The molecule has 1 aliphatic rings. The number of fused-ring (bicyclic) bond motifs is 1. The number of nitrogens with zero attached hydrogens (tertiary/aromatic N) is 2. The van der Waals surface area contributed by atoms with E-state index in [0.29, 0.717) is 11.3 Å². The number of anilines is 1. The van der Waals surface area contributed by atoms with Crippen LogP contribution in [0.4, 0.5) is 10.3 Å². The van der Waals surface area contributed by atoms with Gasteiger partial charge in [-0.3, -0.25) is 0 Å². The van der Waals surface area contributed by atoms with Crippen molar-refractivity contribution in [1.82, 2.24) is 4.98 Å². The zero-order valence-corrected chi connectivity index (χ0v) is 12.7. The molecule has 0 amide bonds. The lowest BCUT2D eigenvalue weighted by Crippen LogP contribution is -2.22. The standard InChI is InChI=1S/C16H13FN4O3/c1-2-23-16(22)15-20-12-11(8-3-5-9(17)6-4-8)10(7-18)13(19)21-14(12)24-15/h3-6,11,21H,2,19H2,1H3/t11-/m1/s1. The molecule has 122 valence electrons. The van der Waals surface area contributed by atoms with Gasteiger partial charge in [-0.25, -0.2) is 14.2 Å². The Morgan fingerprint density at radius 1 is 1.50 bits per heavy atom. The number of nitrogens with two attached hydrogens (primary N) is 1. The quantitative estimate of drug-likeness (QED) is 0.830. The lowest BCUT2D eigenvalue weighted by Gasteiger charge is -2.22. The maximum Gasteiger partial charge on any atom is 0.394 e. The van der Waals surface area contributed by atoms with Crippen LogP contribution in [0.25, 0.3) is 0 Å². The van der Waals surface area contributed by atoms with Crippen LogP contribution in [0.5, 0.6) is 0 Å². The lowest BCUT2D eigenvalue weighted by atomic mass is 9.87. The highest BCUT2D eigenvalue weighted by atomic mass is 19.1. The second kappa shape index (κ2) is 6.04. The van der Waals surface area contributed by atoms with Crippen molar-refractivity contribution in [2.75, 3.05) is 11.9 Å². The van der Waals surface area contributed by atoms with Crippen LogP contribution in [-0.2, 0) is 4.74 Å². The van der Waals surface area contributed by atoms with Crippen LogP contribution in [0.3, 0.4) is 0 Å². The monoisotopic (exact) mass is 328 g/mol. The van der Waals surface area contributed by atoms with Crippen molar-refractivity contribution in [3.63, 3.8) is 0 Å². The molecule has 0 saturated heterocycles. The van der Waals surface area contributed by atoms with Crippen LogP contribution in [0.2, 0.25) is 0 Å². The number of ether oxygens (including phenoxy) is 1. The molecule has 3 rings (SSSR count). The van der Waals surface area contributed by atoms with E-state index in [2.05, 4.69) is 10.3 Å². The molecule has 0 saturated carbocycles. The number of aromatic nitrogens is 1. The van der Waals surface area contributed by atoms with E-state index in [-0.39, 0.29) is 29.8 Å². The normalized spacial score (nSPS) is 16.1. The lowest BCUT2D eigenvalue weighted by molar-refractivity contribution is 0.0482. The molecule has 1 aromatic heterocycles. The molecule has 7 nitrogen and oxygen atoms in total. The fraction of sp³-hybridized carbons (Fsp3) is 0.188. The Balaban J connectivity index is 2.11. The highest BCUT2D eigenvalue weighted by molar-refractivity contribution is 5.85. The Kier molecular flexibility index (Phi) is 3.92. The largest absolute Gasteiger partial charge is 0.459 e. The smallest absolute Gasteiger partial charge is 0.394 e. The minimum absolute atomic E-state index is 0.0888. The van der Waals surface area contributed by atoms with E-state index in [0.717, 1.165) is 0 Å². The van der Waals surface area contributed by atoms with E-state index in [9.17, 15) is 14.4 Å². The molecule has 1 aromatic carbocycles. The predicted molar refractivity (Wildman–Crippen MR) is 81.2 cm³/mol. The number of hydrogen-bond acceptors (Lipinski definition) is 7. The van der Waals surface area contributed by atoms with Crippen LogP contribution < -0.4 is 11.1 Å². The molecule has 24 heavy (non-hydrogen) atoms. The number of hydrogen-bond donors (Lipinski definition) is 2. The summed E-state index contributed by atoms with van der Waals surface area (Å²) in [5.74, 6) is -1.79. The fourth-order valence-corrected chi connectivity index (χ4v) is 2.48. The zero-order chi connectivity index (χ0) is 17.3. The molecule has 8 heteroatoms. The first-order valence-electron chi connectivity index (χ1n) is 7.15. The van der Waals surface area contributed by atoms with Gasteiger partial charge in [-0.15, -0.1) is 0 Å². The predicted octanol–water partition coefficient (Wildman–Crippen LogP) is 2.24. The average molecular weight is 328 g/mol. The Morgan fingerprint density at radius 2 is 2.21 bits per heavy atom. The van der Waals surface area contributed by atoms with Gasteiger partial charge in [-0.1, -0.05) is 12.1 Å². The van der Waals surface area contributed by atoms with Crippen LogP contribution in [0.15, 0.2) is 40.1 Å². The molecule has 0 bridgehead atoms. The summed E-state index contributed by atoms with van der Waals surface area (Å²) in [4.78, 5) is 16.0. The van der Waals surface area contributed by atoms with Gasteiger partial charge in [0.05, 0.1) is 24.2 Å². The van der Waals surface area contributed by atoms with Crippen molar-refractivity contribution in [3.05, 3.63) is 58.6 Å². The van der Waals surface area contributed by atoms with E-state index >= 15 is 0 Å². The summed E-state index contributed by atoms with van der Waals surface area (Å²) >= 11 is 0. The van der Waals surface area contributed by atoms with Gasteiger partial charge in [0.15, 0.2) is 0 Å².